The Labute approximate surface area is 76.7 Å². The summed E-state index contributed by atoms with van der Waals surface area (Å²) >= 11 is 0. The second-order valence-electron chi connectivity index (χ2n) is 3.27. The molecule has 74 valence electrons. The van der Waals surface area contributed by atoms with E-state index in [9.17, 15) is 9.59 Å². The van der Waals surface area contributed by atoms with Crippen molar-refractivity contribution < 1.29 is 14.7 Å². The molecule has 2 amide bonds. The summed E-state index contributed by atoms with van der Waals surface area (Å²) in [5, 5.41) is 11.0. The van der Waals surface area contributed by atoms with Gasteiger partial charge in [-0.1, -0.05) is 0 Å². The Bertz CT molecular complexity index is 213. The van der Waals surface area contributed by atoms with Crippen LogP contribution in [0, 0.1) is 5.92 Å². The van der Waals surface area contributed by atoms with Crippen molar-refractivity contribution in [2.24, 2.45) is 5.92 Å². The summed E-state index contributed by atoms with van der Waals surface area (Å²) < 4.78 is 0. The van der Waals surface area contributed by atoms with E-state index >= 15 is 0 Å². The summed E-state index contributed by atoms with van der Waals surface area (Å²) in [6, 6.07) is -0.311. The summed E-state index contributed by atoms with van der Waals surface area (Å²) in [6.07, 6.45) is 2.21. The molecule has 0 spiro atoms. The molecular weight excluding hydrogens is 172 g/mol. The molecule has 1 rings (SSSR count). The van der Waals surface area contributed by atoms with E-state index in [4.69, 9.17) is 5.11 Å². The van der Waals surface area contributed by atoms with Gasteiger partial charge in [-0.15, -0.1) is 0 Å². The first-order valence-electron chi connectivity index (χ1n) is 4.32. The molecule has 0 unspecified atom stereocenters. The molecule has 5 nitrogen and oxygen atoms in total. The molecule has 1 aliphatic carbocycles. The Hall–Kier alpha value is -1.26. The molecular formula is C8H14N2O3. The van der Waals surface area contributed by atoms with Crippen LogP contribution in [-0.2, 0) is 4.79 Å². The maximum Gasteiger partial charge on any atom is 0.323 e. The topological polar surface area (TPSA) is 69.6 Å². The molecule has 0 heterocycles. The van der Waals surface area contributed by atoms with Crippen LogP contribution in [0.5, 0.6) is 0 Å². The van der Waals surface area contributed by atoms with Crippen LogP contribution in [0.15, 0.2) is 0 Å². The first-order valence-corrected chi connectivity index (χ1v) is 4.32. The van der Waals surface area contributed by atoms with Gasteiger partial charge >= 0.3 is 12.0 Å². The molecule has 0 aromatic heterocycles. The number of urea groups is 1. The highest BCUT2D eigenvalue weighted by Crippen LogP contribution is 2.29. The fourth-order valence-electron chi connectivity index (χ4n) is 1.15. The summed E-state index contributed by atoms with van der Waals surface area (Å²) in [6.45, 7) is 0.349. The van der Waals surface area contributed by atoms with Crippen LogP contribution in [0.1, 0.15) is 12.8 Å². The van der Waals surface area contributed by atoms with Crippen molar-refractivity contribution in [1.82, 2.24) is 10.2 Å². The number of hydrogen-bond donors (Lipinski definition) is 2. The van der Waals surface area contributed by atoms with Crippen LogP contribution in [0.3, 0.4) is 0 Å². The molecule has 1 saturated carbocycles. The molecule has 2 N–H and O–H groups in total. The molecule has 5 heteroatoms. The van der Waals surface area contributed by atoms with E-state index in [0.29, 0.717) is 12.5 Å². The predicted molar refractivity (Wildman–Crippen MR) is 46.4 cm³/mol. The van der Waals surface area contributed by atoms with Crippen LogP contribution < -0.4 is 5.32 Å². The highest BCUT2D eigenvalue weighted by atomic mass is 16.4. The molecule has 13 heavy (non-hydrogen) atoms. The maximum atomic E-state index is 11.2. The van der Waals surface area contributed by atoms with Crippen molar-refractivity contribution in [2.75, 3.05) is 20.1 Å². The molecule has 0 aromatic carbocycles. The average molecular weight is 186 g/mol. The van der Waals surface area contributed by atoms with E-state index in [1.165, 1.54) is 11.9 Å². The molecule has 1 fully saturated rings. The van der Waals surface area contributed by atoms with Crippen LogP contribution in [-0.4, -0.2) is 42.1 Å². The monoisotopic (exact) mass is 186 g/mol. The molecule has 0 atom stereocenters. The van der Waals surface area contributed by atoms with Gasteiger partial charge in [0.05, 0.1) is 0 Å². The highest BCUT2D eigenvalue weighted by molar-refractivity contribution is 5.79. The smallest absolute Gasteiger partial charge is 0.323 e. The second-order valence-corrected chi connectivity index (χ2v) is 3.27. The number of nitrogens with zero attached hydrogens (tertiary/aromatic N) is 1. The summed E-state index contributed by atoms with van der Waals surface area (Å²) in [5.74, 6) is -0.458. The molecule has 0 bridgehead atoms. The normalized spacial score (nSPS) is 15.2. The Morgan fingerprint density at radius 3 is 2.54 bits per heavy atom. The SMILES string of the molecule is CNC(=O)N(CC(=O)O)CC1CC1. The standard InChI is InChI=1S/C8H14N2O3/c1-9-8(13)10(5-7(11)12)4-6-2-3-6/h6H,2-5H2,1H3,(H,9,13)(H,11,12). The summed E-state index contributed by atoms with van der Waals surface area (Å²) in [5.41, 5.74) is 0. The van der Waals surface area contributed by atoms with Gasteiger partial charge in [0.2, 0.25) is 0 Å². The minimum absolute atomic E-state index is 0.212. The van der Waals surface area contributed by atoms with Crippen molar-refractivity contribution in [1.29, 1.82) is 0 Å². The lowest BCUT2D eigenvalue weighted by Gasteiger charge is -2.19. The van der Waals surface area contributed by atoms with Gasteiger partial charge < -0.3 is 15.3 Å². The van der Waals surface area contributed by atoms with Crippen molar-refractivity contribution in [3.63, 3.8) is 0 Å². The van der Waals surface area contributed by atoms with Crippen molar-refractivity contribution in [3.8, 4) is 0 Å². The Morgan fingerprint density at radius 2 is 2.15 bits per heavy atom. The second kappa shape index (κ2) is 4.11. The van der Waals surface area contributed by atoms with E-state index < -0.39 is 5.97 Å². The van der Waals surface area contributed by atoms with Gasteiger partial charge in [-0.05, 0) is 18.8 Å². The zero-order valence-corrected chi connectivity index (χ0v) is 7.62. The van der Waals surface area contributed by atoms with Crippen LogP contribution >= 0.6 is 0 Å². The van der Waals surface area contributed by atoms with E-state index in [2.05, 4.69) is 5.32 Å². The Kier molecular flexibility index (Phi) is 3.11. The van der Waals surface area contributed by atoms with Crippen molar-refractivity contribution in [3.05, 3.63) is 0 Å². The first-order chi connectivity index (χ1) is 6.13. The quantitative estimate of drug-likeness (QED) is 0.655. The van der Waals surface area contributed by atoms with Crippen LogP contribution in [0.4, 0.5) is 4.79 Å². The van der Waals surface area contributed by atoms with E-state index in [1.54, 1.807) is 0 Å². The number of carbonyl (C=O) groups is 2. The number of rotatable bonds is 4. The third kappa shape index (κ3) is 3.31. The lowest BCUT2D eigenvalue weighted by atomic mass is 10.4. The van der Waals surface area contributed by atoms with Crippen molar-refractivity contribution >= 4 is 12.0 Å². The molecule has 0 aliphatic heterocycles. The third-order valence-electron chi connectivity index (χ3n) is 2.00. The number of carbonyl (C=O) groups excluding carboxylic acids is 1. The molecule has 0 radical (unpaired) electrons. The van der Waals surface area contributed by atoms with E-state index in [1.807, 2.05) is 0 Å². The zero-order chi connectivity index (χ0) is 9.84. The number of hydrogen-bond acceptors (Lipinski definition) is 2. The fourth-order valence-corrected chi connectivity index (χ4v) is 1.15. The number of nitrogens with one attached hydrogen (secondary N) is 1. The van der Waals surface area contributed by atoms with Gasteiger partial charge in [0.1, 0.15) is 6.54 Å². The maximum absolute atomic E-state index is 11.2. The number of carboxylic acids is 1. The minimum atomic E-state index is -0.968. The number of carboxylic acid groups (broad SMARTS) is 1. The van der Waals surface area contributed by atoms with Gasteiger partial charge in [-0.3, -0.25) is 4.79 Å². The number of amides is 2. The largest absolute Gasteiger partial charge is 0.480 e. The minimum Gasteiger partial charge on any atom is -0.480 e. The summed E-state index contributed by atoms with van der Waals surface area (Å²) in [4.78, 5) is 22.9. The third-order valence-corrected chi connectivity index (χ3v) is 2.00. The average Bonchev–Trinajstić information content (AvgIpc) is 2.85. The lowest BCUT2D eigenvalue weighted by Crippen LogP contribution is -2.42. The fraction of sp³-hybridized carbons (Fsp3) is 0.750. The first kappa shape index (κ1) is 9.83. The Balaban J connectivity index is 2.41. The highest BCUT2D eigenvalue weighted by Gasteiger charge is 2.27. The predicted octanol–water partition coefficient (Wildman–Crippen LogP) is 0.122. The number of aliphatic carboxylic acids is 1. The van der Waals surface area contributed by atoms with Gasteiger partial charge in [0.25, 0.3) is 0 Å². The molecule has 1 aliphatic rings. The van der Waals surface area contributed by atoms with Crippen molar-refractivity contribution in [2.45, 2.75) is 12.8 Å². The molecule has 0 aromatic rings. The van der Waals surface area contributed by atoms with Crippen LogP contribution in [0.2, 0.25) is 0 Å². The lowest BCUT2D eigenvalue weighted by molar-refractivity contribution is -0.137. The van der Waals surface area contributed by atoms with Gasteiger partial charge in [0.15, 0.2) is 0 Å². The molecule has 0 saturated heterocycles. The van der Waals surface area contributed by atoms with Gasteiger partial charge in [-0.2, -0.15) is 0 Å². The Morgan fingerprint density at radius 1 is 1.54 bits per heavy atom. The van der Waals surface area contributed by atoms with Gasteiger partial charge in [-0.25, -0.2) is 4.79 Å². The summed E-state index contributed by atoms with van der Waals surface area (Å²) in [7, 11) is 1.50. The van der Waals surface area contributed by atoms with Gasteiger partial charge in [0, 0.05) is 13.6 Å². The van der Waals surface area contributed by atoms with E-state index in [0.717, 1.165) is 12.8 Å². The van der Waals surface area contributed by atoms with E-state index in [-0.39, 0.29) is 12.6 Å². The zero-order valence-electron chi connectivity index (χ0n) is 7.62. The van der Waals surface area contributed by atoms with Crippen LogP contribution in [0.25, 0.3) is 0 Å².